The summed E-state index contributed by atoms with van der Waals surface area (Å²) in [6, 6.07) is 18.5. The van der Waals surface area contributed by atoms with E-state index in [0.29, 0.717) is 12.2 Å². The van der Waals surface area contributed by atoms with Gasteiger partial charge in [0.2, 0.25) is 0 Å². The van der Waals surface area contributed by atoms with E-state index < -0.39 is 9.84 Å². The number of ether oxygens (including phenoxy) is 1. The van der Waals surface area contributed by atoms with Gasteiger partial charge in [0.1, 0.15) is 23.0 Å². The Hall–Kier alpha value is -2.79. The van der Waals surface area contributed by atoms with Crippen molar-refractivity contribution in [3.63, 3.8) is 0 Å². The highest BCUT2D eigenvalue weighted by molar-refractivity contribution is 7.90. The molecular formula is C21H18O4S. The van der Waals surface area contributed by atoms with Crippen LogP contribution in [0.1, 0.15) is 22.6 Å². The van der Waals surface area contributed by atoms with Crippen molar-refractivity contribution in [1.29, 1.82) is 0 Å². The quantitative estimate of drug-likeness (QED) is 0.685. The second-order valence-electron chi connectivity index (χ2n) is 6.40. The third kappa shape index (κ3) is 3.06. The predicted octanol–water partition coefficient (Wildman–Crippen LogP) is 4.49. The fourth-order valence-electron chi connectivity index (χ4n) is 3.07. The van der Waals surface area contributed by atoms with E-state index in [4.69, 9.17) is 9.15 Å². The Balaban J connectivity index is 1.85. The summed E-state index contributed by atoms with van der Waals surface area (Å²) in [5, 5.41) is 0. The molecule has 2 aromatic carbocycles. The number of allylic oxidation sites excluding steroid dienone is 1. The van der Waals surface area contributed by atoms with Crippen molar-refractivity contribution < 1.29 is 17.6 Å². The number of hydrogen-bond donors (Lipinski definition) is 0. The number of furan rings is 1. The molecule has 0 fully saturated rings. The standard InChI is InChI=1S/C21H18O4S/c1-14-7-12-20(24-14)18-13-16-5-3-4-6-19(16)25-21(18)15-8-10-17(11-9-15)26(2,22)23/h3-12H,13H2,1-2H3. The lowest BCUT2D eigenvalue weighted by Gasteiger charge is -2.23. The highest BCUT2D eigenvalue weighted by Crippen LogP contribution is 2.39. The summed E-state index contributed by atoms with van der Waals surface area (Å²) in [4.78, 5) is 0.286. The summed E-state index contributed by atoms with van der Waals surface area (Å²) in [5.74, 6) is 3.09. The lowest BCUT2D eigenvalue weighted by atomic mass is 9.96. The topological polar surface area (TPSA) is 56.5 Å². The average molecular weight is 366 g/mol. The minimum Gasteiger partial charge on any atom is -0.462 e. The molecule has 0 spiro atoms. The van der Waals surface area contributed by atoms with Crippen LogP contribution in [0.3, 0.4) is 0 Å². The first-order valence-corrected chi connectivity index (χ1v) is 10.2. The van der Waals surface area contributed by atoms with E-state index in [1.165, 1.54) is 6.26 Å². The Morgan fingerprint density at radius 2 is 1.65 bits per heavy atom. The van der Waals surface area contributed by atoms with Crippen LogP contribution in [0.4, 0.5) is 0 Å². The maximum absolute atomic E-state index is 11.7. The van der Waals surface area contributed by atoms with Crippen LogP contribution in [0.15, 0.2) is 70.0 Å². The molecule has 2 heterocycles. The Bertz CT molecular complexity index is 1100. The zero-order valence-electron chi connectivity index (χ0n) is 14.5. The summed E-state index contributed by atoms with van der Waals surface area (Å²) in [5.41, 5.74) is 2.85. The number of sulfone groups is 1. The molecule has 132 valence electrons. The second kappa shape index (κ2) is 6.18. The van der Waals surface area contributed by atoms with E-state index in [2.05, 4.69) is 0 Å². The summed E-state index contributed by atoms with van der Waals surface area (Å²) in [7, 11) is -3.24. The van der Waals surface area contributed by atoms with Crippen LogP contribution >= 0.6 is 0 Å². The molecule has 3 aromatic rings. The lowest BCUT2D eigenvalue weighted by Crippen LogP contribution is -2.09. The third-order valence-electron chi connectivity index (χ3n) is 4.41. The van der Waals surface area contributed by atoms with Gasteiger partial charge in [0.15, 0.2) is 9.84 Å². The zero-order valence-corrected chi connectivity index (χ0v) is 15.3. The maximum atomic E-state index is 11.7. The van der Waals surface area contributed by atoms with Crippen LogP contribution in [-0.2, 0) is 16.3 Å². The molecule has 0 N–H and O–H groups in total. The van der Waals surface area contributed by atoms with Gasteiger partial charge in [-0.2, -0.15) is 0 Å². The van der Waals surface area contributed by atoms with Crippen LogP contribution in [0, 0.1) is 6.92 Å². The van der Waals surface area contributed by atoms with Crippen LogP contribution in [0.5, 0.6) is 5.75 Å². The Morgan fingerprint density at radius 3 is 2.31 bits per heavy atom. The van der Waals surface area contributed by atoms with Gasteiger partial charge in [-0.25, -0.2) is 8.42 Å². The van der Waals surface area contributed by atoms with E-state index in [0.717, 1.165) is 34.0 Å². The molecule has 0 atom stereocenters. The van der Waals surface area contributed by atoms with E-state index in [9.17, 15) is 8.42 Å². The molecular weight excluding hydrogens is 348 g/mol. The van der Waals surface area contributed by atoms with Crippen molar-refractivity contribution in [3.05, 3.63) is 83.3 Å². The molecule has 4 rings (SSSR count). The largest absolute Gasteiger partial charge is 0.462 e. The van der Waals surface area contributed by atoms with Gasteiger partial charge in [0.05, 0.1) is 4.90 Å². The van der Waals surface area contributed by atoms with Gasteiger partial charge < -0.3 is 9.15 Å². The first-order chi connectivity index (χ1) is 12.4. The molecule has 0 bridgehead atoms. The van der Waals surface area contributed by atoms with Crippen molar-refractivity contribution in [2.45, 2.75) is 18.2 Å². The van der Waals surface area contributed by atoms with Crippen molar-refractivity contribution in [3.8, 4) is 5.75 Å². The van der Waals surface area contributed by atoms with Gasteiger partial charge >= 0.3 is 0 Å². The fourth-order valence-corrected chi connectivity index (χ4v) is 3.70. The molecule has 0 saturated heterocycles. The molecule has 4 nitrogen and oxygen atoms in total. The minimum absolute atomic E-state index is 0.286. The van der Waals surface area contributed by atoms with Gasteiger partial charge in [-0.15, -0.1) is 0 Å². The fraction of sp³-hybridized carbons (Fsp3) is 0.143. The van der Waals surface area contributed by atoms with E-state index in [-0.39, 0.29) is 4.90 Å². The molecule has 0 amide bonds. The summed E-state index contributed by atoms with van der Waals surface area (Å²) in [6.07, 6.45) is 1.89. The number of benzene rings is 2. The van der Waals surface area contributed by atoms with Crippen LogP contribution in [0.25, 0.3) is 11.3 Å². The number of para-hydroxylation sites is 1. The molecule has 0 aliphatic carbocycles. The molecule has 0 unspecified atom stereocenters. The van der Waals surface area contributed by atoms with Crippen molar-refractivity contribution in [2.24, 2.45) is 0 Å². The normalized spacial score (nSPS) is 14.1. The van der Waals surface area contributed by atoms with Crippen LogP contribution in [-0.4, -0.2) is 14.7 Å². The SMILES string of the molecule is Cc1ccc(C2=C(c3ccc(S(C)(=O)=O)cc3)Oc3ccccc3C2)o1. The second-order valence-corrected chi connectivity index (χ2v) is 8.42. The molecule has 1 aromatic heterocycles. The minimum atomic E-state index is -3.24. The van der Waals surface area contributed by atoms with Crippen molar-refractivity contribution in [1.82, 2.24) is 0 Å². The number of hydrogen-bond acceptors (Lipinski definition) is 4. The number of rotatable bonds is 3. The molecule has 26 heavy (non-hydrogen) atoms. The molecule has 5 heteroatoms. The Morgan fingerprint density at radius 1 is 0.923 bits per heavy atom. The van der Waals surface area contributed by atoms with Crippen LogP contribution < -0.4 is 4.74 Å². The van der Waals surface area contributed by atoms with Crippen molar-refractivity contribution in [2.75, 3.05) is 6.26 Å². The molecule has 0 saturated carbocycles. The smallest absolute Gasteiger partial charge is 0.175 e. The lowest BCUT2D eigenvalue weighted by molar-refractivity contribution is 0.488. The summed E-state index contributed by atoms with van der Waals surface area (Å²) in [6.45, 7) is 1.91. The van der Waals surface area contributed by atoms with E-state index in [1.807, 2.05) is 43.3 Å². The third-order valence-corrected chi connectivity index (χ3v) is 5.54. The van der Waals surface area contributed by atoms with E-state index in [1.54, 1.807) is 24.3 Å². The van der Waals surface area contributed by atoms with Gasteiger partial charge in [-0.05, 0) is 55.0 Å². The Kier molecular flexibility index (Phi) is 3.96. The Labute approximate surface area is 152 Å². The average Bonchev–Trinajstić information content (AvgIpc) is 3.06. The summed E-state index contributed by atoms with van der Waals surface area (Å²) < 4.78 is 35.5. The van der Waals surface area contributed by atoms with Gasteiger partial charge in [0.25, 0.3) is 0 Å². The summed E-state index contributed by atoms with van der Waals surface area (Å²) >= 11 is 0. The maximum Gasteiger partial charge on any atom is 0.175 e. The zero-order chi connectivity index (χ0) is 18.3. The van der Waals surface area contributed by atoms with Gasteiger partial charge in [-0.1, -0.05) is 18.2 Å². The first kappa shape index (κ1) is 16.7. The predicted molar refractivity (Wildman–Crippen MR) is 101 cm³/mol. The van der Waals surface area contributed by atoms with Crippen LogP contribution in [0.2, 0.25) is 0 Å². The first-order valence-electron chi connectivity index (χ1n) is 8.28. The number of aryl methyl sites for hydroxylation is 1. The molecule has 1 aliphatic rings. The molecule has 0 radical (unpaired) electrons. The van der Waals surface area contributed by atoms with Crippen molar-refractivity contribution >= 4 is 21.2 Å². The highest BCUT2D eigenvalue weighted by atomic mass is 32.2. The van der Waals surface area contributed by atoms with E-state index >= 15 is 0 Å². The molecule has 1 aliphatic heterocycles. The number of fused-ring (bicyclic) bond motifs is 1. The monoisotopic (exact) mass is 366 g/mol. The van der Waals surface area contributed by atoms with Gasteiger partial charge in [0, 0.05) is 23.8 Å². The van der Waals surface area contributed by atoms with Gasteiger partial charge in [-0.3, -0.25) is 0 Å². The highest BCUT2D eigenvalue weighted by Gasteiger charge is 2.24.